The molecular formula is C33H40F4NO5P. The summed E-state index contributed by atoms with van der Waals surface area (Å²) >= 11 is 0. The fraction of sp³-hybridized carbons (Fsp3) is 0.424. The first kappa shape index (κ1) is 35.3. The van der Waals surface area contributed by atoms with Crippen molar-refractivity contribution in [3.05, 3.63) is 83.9 Å². The number of unbranched alkanes of at least 4 members (excludes halogenated alkanes) is 5. The van der Waals surface area contributed by atoms with Gasteiger partial charge in [-0.05, 0) is 67.3 Å². The Balaban J connectivity index is 1.62. The second-order valence-corrected chi connectivity index (χ2v) is 12.5. The summed E-state index contributed by atoms with van der Waals surface area (Å²) in [5.41, 5.74) is -4.92. The van der Waals surface area contributed by atoms with Crippen LogP contribution in [-0.2, 0) is 15.0 Å². The van der Waals surface area contributed by atoms with Crippen LogP contribution in [0.1, 0.15) is 81.6 Å². The summed E-state index contributed by atoms with van der Waals surface area (Å²) in [5, 5.41) is 2.41. The fourth-order valence-corrected chi connectivity index (χ4v) is 5.61. The number of amides is 1. The molecule has 6 nitrogen and oxygen atoms in total. The van der Waals surface area contributed by atoms with Crippen molar-refractivity contribution in [3.63, 3.8) is 0 Å². The Morgan fingerprint density at radius 1 is 0.886 bits per heavy atom. The van der Waals surface area contributed by atoms with Crippen molar-refractivity contribution in [2.45, 2.75) is 83.4 Å². The molecule has 0 spiro atoms. The van der Waals surface area contributed by atoms with E-state index in [1.807, 2.05) is 24.3 Å². The number of rotatable bonds is 17. The van der Waals surface area contributed by atoms with E-state index < -0.39 is 36.8 Å². The lowest BCUT2D eigenvalue weighted by molar-refractivity contribution is -0.177. The van der Waals surface area contributed by atoms with Gasteiger partial charge in [0.25, 0.3) is 5.91 Å². The summed E-state index contributed by atoms with van der Waals surface area (Å²) in [6.45, 7) is 5.57. The van der Waals surface area contributed by atoms with Gasteiger partial charge in [0.1, 0.15) is 5.75 Å². The molecule has 0 fully saturated rings. The van der Waals surface area contributed by atoms with Gasteiger partial charge in [0, 0.05) is 16.8 Å². The molecule has 1 amide bonds. The Labute approximate surface area is 256 Å². The third-order valence-corrected chi connectivity index (χ3v) is 8.85. The van der Waals surface area contributed by atoms with Crippen molar-refractivity contribution in [3.8, 4) is 16.9 Å². The van der Waals surface area contributed by atoms with Gasteiger partial charge in [-0.1, -0.05) is 82.3 Å². The van der Waals surface area contributed by atoms with E-state index in [4.69, 9.17) is 4.74 Å². The molecule has 0 bridgehead atoms. The molecule has 3 aromatic carbocycles. The minimum Gasteiger partial charge on any atom is -0.494 e. The van der Waals surface area contributed by atoms with E-state index in [1.54, 1.807) is 24.3 Å². The van der Waals surface area contributed by atoms with E-state index in [-0.39, 0.29) is 17.7 Å². The van der Waals surface area contributed by atoms with E-state index >= 15 is 0 Å². The quantitative estimate of drug-likeness (QED) is 0.0874. The molecule has 2 unspecified atom stereocenters. The molecule has 0 radical (unpaired) electrons. The highest BCUT2D eigenvalue weighted by molar-refractivity contribution is 7.54. The number of carbonyl (C=O) groups is 1. The van der Waals surface area contributed by atoms with Gasteiger partial charge in [0.2, 0.25) is 0 Å². The average Bonchev–Trinajstić information content (AvgIpc) is 3.00. The van der Waals surface area contributed by atoms with Crippen molar-refractivity contribution < 1.29 is 41.1 Å². The molecule has 2 atom stereocenters. The topological polar surface area (TPSA) is 84.9 Å². The fourth-order valence-electron chi connectivity index (χ4n) is 4.36. The van der Waals surface area contributed by atoms with E-state index in [2.05, 4.69) is 16.8 Å². The molecule has 0 aliphatic carbocycles. The number of alkyl halides is 4. The molecule has 0 aliphatic rings. The van der Waals surface area contributed by atoms with Crippen molar-refractivity contribution in [1.82, 2.24) is 0 Å². The minimum atomic E-state index is -6.07. The number of hydrogen-bond donors (Lipinski definition) is 2. The van der Waals surface area contributed by atoms with Crippen LogP contribution in [0.15, 0.2) is 72.8 Å². The second-order valence-electron chi connectivity index (χ2n) is 10.7. The Hall–Kier alpha value is -3.20. The van der Waals surface area contributed by atoms with Crippen LogP contribution in [-0.4, -0.2) is 29.2 Å². The lowest BCUT2D eigenvalue weighted by Crippen LogP contribution is -2.39. The Morgan fingerprint density at radius 2 is 1.48 bits per heavy atom. The number of hydrogen-bond acceptors (Lipinski definition) is 4. The van der Waals surface area contributed by atoms with Crippen molar-refractivity contribution >= 4 is 19.2 Å². The smallest absolute Gasteiger partial charge is 0.411 e. The van der Waals surface area contributed by atoms with Crippen LogP contribution >= 0.6 is 7.60 Å². The first-order valence-corrected chi connectivity index (χ1v) is 16.4. The number of halogens is 4. The normalized spacial score (nSPS) is 14.1. The molecule has 0 saturated heterocycles. The van der Waals surface area contributed by atoms with Gasteiger partial charge in [-0.3, -0.25) is 9.36 Å². The lowest BCUT2D eigenvalue weighted by atomic mass is 10.0. The van der Waals surface area contributed by atoms with Crippen LogP contribution in [0.4, 0.5) is 23.2 Å². The third kappa shape index (κ3) is 8.93. The van der Waals surface area contributed by atoms with Crippen LogP contribution in [0.2, 0.25) is 0 Å². The molecule has 0 heterocycles. The predicted octanol–water partition coefficient (Wildman–Crippen LogP) is 10.0. The molecule has 11 heteroatoms. The highest BCUT2D eigenvalue weighted by Crippen LogP contribution is 2.67. The largest absolute Gasteiger partial charge is 0.494 e. The molecule has 3 aromatic rings. The summed E-state index contributed by atoms with van der Waals surface area (Å²) < 4.78 is 81.5. The van der Waals surface area contributed by atoms with Crippen molar-refractivity contribution in [2.75, 3.05) is 11.9 Å². The highest BCUT2D eigenvalue weighted by atomic mass is 31.2. The highest BCUT2D eigenvalue weighted by Gasteiger charge is 2.70. The van der Waals surface area contributed by atoms with Gasteiger partial charge in [-0.25, -0.2) is 0 Å². The zero-order chi connectivity index (χ0) is 32.4. The number of ether oxygens (including phenoxy) is 1. The van der Waals surface area contributed by atoms with E-state index in [0.29, 0.717) is 18.7 Å². The van der Waals surface area contributed by atoms with Gasteiger partial charge in [0.05, 0.1) is 12.7 Å². The van der Waals surface area contributed by atoms with Crippen LogP contribution in [0, 0.1) is 0 Å². The van der Waals surface area contributed by atoms with Crippen LogP contribution in [0.5, 0.6) is 5.75 Å². The average molecular weight is 638 g/mol. The van der Waals surface area contributed by atoms with E-state index in [1.165, 1.54) is 45.6 Å². The maximum Gasteiger partial charge on any atom is 0.411 e. The third-order valence-electron chi connectivity index (χ3n) is 7.21. The Kier molecular flexibility index (Phi) is 12.6. The zero-order valence-electron chi connectivity index (χ0n) is 25.2. The van der Waals surface area contributed by atoms with E-state index in [9.17, 15) is 31.8 Å². The number of carbonyl (C=O) groups excluding carboxylic acids is 1. The first-order chi connectivity index (χ1) is 20.8. The molecule has 2 N–H and O–H groups in total. The summed E-state index contributed by atoms with van der Waals surface area (Å²) in [6.07, 6.45) is 6.03. The maximum atomic E-state index is 14.9. The van der Waals surface area contributed by atoms with Gasteiger partial charge in [-0.15, -0.1) is 0 Å². The maximum absolute atomic E-state index is 14.9. The van der Waals surface area contributed by atoms with Crippen LogP contribution < -0.4 is 10.1 Å². The molecular weight excluding hydrogens is 597 g/mol. The SMILES string of the molecule is CCCCCCCCOc1ccc(-c2ccc(C(=O)Nc3cccc(C(F)(F)C(F)(F)P(=O)(O)OC(C)CC)c3)cc2)cc1. The monoisotopic (exact) mass is 637 g/mol. The van der Waals surface area contributed by atoms with Gasteiger partial charge in [0.15, 0.2) is 0 Å². The number of anilines is 1. The molecule has 3 rings (SSSR count). The summed E-state index contributed by atoms with van der Waals surface area (Å²) in [7, 11) is -6.07. The first-order valence-electron chi connectivity index (χ1n) is 14.8. The molecule has 240 valence electrons. The van der Waals surface area contributed by atoms with Gasteiger partial charge >= 0.3 is 19.2 Å². The summed E-state index contributed by atoms with van der Waals surface area (Å²) in [6, 6.07) is 17.7. The zero-order valence-corrected chi connectivity index (χ0v) is 26.1. The van der Waals surface area contributed by atoms with Crippen molar-refractivity contribution in [2.24, 2.45) is 0 Å². The number of nitrogens with one attached hydrogen (secondary N) is 1. The van der Waals surface area contributed by atoms with Crippen LogP contribution in [0.25, 0.3) is 11.1 Å². The van der Waals surface area contributed by atoms with E-state index in [0.717, 1.165) is 35.8 Å². The Morgan fingerprint density at radius 3 is 2.09 bits per heavy atom. The minimum absolute atomic E-state index is 0.0648. The molecule has 0 saturated carbocycles. The van der Waals surface area contributed by atoms with Crippen molar-refractivity contribution in [1.29, 1.82) is 0 Å². The summed E-state index contributed by atoms with van der Waals surface area (Å²) in [4.78, 5) is 22.5. The summed E-state index contributed by atoms with van der Waals surface area (Å²) in [5.74, 6) is -4.95. The lowest BCUT2D eigenvalue weighted by Gasteiger charge is -2.31. The second kappa shape index (κ2) is 15.7. The molecule has 44 heavy (non-hydrogen) atoms. The molecule has 0 aliphatic heterocycles. The van der Waals surface area contributed by atoms with Crippen LogP contribution in [0.3, 0.4) is 0 Å². The van der Waals surface area contributed by atoms with Gasteiger partial charge < -0.3 is 19.5 Å². The number of benzene rings is 3. The van der Waals surface area contributed by atoms with Gasteiger partial charge in [-0.2, -0.15) is 17.6 Å². The molecule has 0 aromatic heterocycles. The predicted molar refractivity (Wildman–Crippen MR) is 165 cm³/mol. The Bertz CT molecular complexity index is 1400. The standard InChI is InChI=1S/C33H40F4NO5P/c1-4-6-7-8-9-10-22-42-30-20-18-26(19-21-30)25-14-16-27(17-15-25)31(39)38-29-13-11-12-28(23-29)32(34,35)33(36,37)44(40,41)43-24(3)5-2/h11-21,23-24H,4-10,22H2,1-3H3,(H,38,39)(H,40,41).